The van der Waals surface area contributed by atoms with E-state index >= 15 is 0 Å². The third kappa shape index (κ3) is 5.90. The van der Waals surface area contributed by atoms with E-state index < -0.39 is 0 Å². The summed E-state index contributed by atoms with van der Waals surface area (Å²) in [4.78, 5) is 12.2. The first kappa shape index (κ1) is 22.5. The molecule has 0 unspecified atom stereocenters. The molecule has 0 radical (unpaired) electrons. The minimum atomic E-state index is -0.350. The zero-order valence-electron chi connectivity index (χ0n) is 16.9. The van der Waals surface area contributed by atoms with E-state index in [0.717, 1.165) is 5.56 Å². The maximum Gasteiger partial charge on any atom is 0.271 e. The first-order chi connectivity index (χ1) is 15.0. The van der Waals surface area contributed by atoms with Crippen LogP contribution in [-0.2, 0) is 6.61 Å². The lowest BCUT2D eigenvalue weighted by molar-refractivity contribution is 0.0955. The zero-order chi connectivity index (χ0) is 22.2. The Morgan fingerprint density at radius 3 is 2.42 bits per heavy atom. The Morgan fingerprint density at radius 2 is 1.74 bits per heavy atom. The van der Waals surface area contributed by atoms with Crippen LogP contribution in [0.25, 0.3) is 0 Å². The highest BCUT2D eigenvalue weighted by atomic mass is 35.5. The van der Waals surface area contributed by atoms with Gasteiger partial charge in [0.2, 0.25) is 0 Å². The molecule has 3 aromatic rings. The molecule has 1 N–H and O–H groups in total. The summed E-state index contributed by atoms with van der Waals surface area (Å²) in [5.74, 6) is 1.14. The minimum Gasteiger partial charge on any atom is -0.497 e. The van der Waals surface area contributed by atoms with Gasteiger partial charge in [-0.15, -0.1) is 0 Å². The van der Waals surface area contributed by atoms with Gasteiger partial charge in [0.1, 0.15) is 12.4 Å². The summed E-state index contributed by atoms with van der Waals surface area (Å²) < 4.78 is 16.3. The van der Waals surface area contributed by atoms with Crippen molar-refractivity contribution in [3.63, 3.8) is 0 Å². The number of hydrazone groups is 1. The van der Waals surface area contributed by atoms with E-state index in [-0.39, 0.29) is 12.5 Å². The molecule has 0 bridgehead atoms. The summed E-state index contributed by atoms with van der Waals surface area (Å²) in [7, 11) is 3.08. The molecule has 0 aromatic heterocycles. The summed E-state index contributed by atoms with van der Waals surface area (Å²) >= 11 is 12.6. The highest BCUT2D eigenvalue weighted by Gasteiger charge is 2.13. The number of hydrogen-bond acceptors (Lipinski definition) is 5. The second-order valence-corrected chi connectivity index (χ2v) is 7.16. The van der Waals surface area contributed by atoms with Crippen molar-refractivity contribution in [2.24, 2.45) is 5.10 Å². The van der Waals surface area contributed by atoms with Crippen LogP contribution in [0.1, 0.15) is 21.5 Å². The maximum absolute atomic E-state index is 12.2. The van der Waals surface area contributed by atoms with Crippen molar-refractivity contribution in [1.29, 1.82) is 0 Å². The molecule has 0 atom stereocenters. The van der Waals surface area contributed by atoms with Crippen LogP contribution < -0.4 is 19.6 Å². The lowest BCUT2D eigenvalue weighted by Crippen LogP contribution is -2.17. The molecule has 6 nitrogen and oxygen atoms in total. The van der Waals surface area contributed by atoms with Crippen LogP contribution in [0.2, 0.25) is 10.0 Å². The molecule has 0 aliphatic carbocycles. The Labute approximate surface area is 190 Å². The molecule has 3 rings (SSSR count). The van der Waals surface area contributed by atoms with Crippen molar-refractivity contribution >= 4 is 35.3 Å². The van der Waals surface area contributed by atoms with Gasteiger partial charge in [0, 0.05) is 16.1 Å². The Bertz CT molecular complexity index is 1090. The second-order valence-electron chi connectivity index (χ2n) is 6.34. The van der Waals surface area contributed by atoms with Gasteiger partial charge in [0.05, 0.1) is 25.5 Å². The van der Waals surface area contributed by atoms with Crippen LogP contribution in [0.15, 0.2) is 65.8 Å². The van der Waals surface area contributed by atoms with E-state index in [2.05, 4.69) is 10.5 Å². The van der Waals surface area contributed by atoms with E-state index in [9.17, 15) is 4.79 Å². The average Bonchev–Trinajstić information content (AvgIpc) is 2.79. The smallest absolute Gasteiger partial charge is 0.271 e. The fourth-order valence-electron chi connectivity index (χ4n) is 2.69. The molecule has 0 aliphatic heterocycles. The third-order valence-electron chi connectivity index (χ3n) is 4.31. The maximum atomic E-state index is 12.2. The van der Waals surface area contributed by atoms with E-state index in [4.69, 9.17) is 37.4 Å². The highest BCUT2D eigenvalue weighted by Crippen LogP contribution is 2.37. The first-order valence-electron chi connectivity index (χ1n) is 9.23. The summed E-state index contributed by atoms with van der Waals surface area (Å²) in [5.41, 5.74) is 4.38. The number of nitrogens with one attached hydrogen (secondary N) is 1. The van der Waals surface area contributed by atoms with Crippen LogP contribution in [-0.4, -0.2) is 26.3 Å². The number of carbonyl (C=O) groups excluding carboxylic acids is 1. The average molecular weight is 459 g/mol. The number of halogens is 2. The van der Waals surface area contributed by atoms with Gasteiger partial charge in [-0.25, -0.2) is 5.43 Å². The molecule has 0 fully saturated rings. The van der Waals surface area contributed by atoms with Crippen molar-refractivity contribution < 1.29 is 19.0 Å². The van der Waals surface area contributed by atoms with Crippen LogP contribution in [0.5, 0.6) is 17.2 Å². The van der Waals surface area contributed by atoms with Crippen molar-refractivity contribution in [3.05, 3.63) is 87.4 Å². The molecule has 0 saturated carbocycles. The van der Waals surface area contributed by atoms with E-state index in [1.807, 2.05) is 18.2 Å². The van der Waals surface area contributed by atoms with Gasteiger partial charge < -0.3 is 14.2 Å². The standard InChI is InChI=1S/C23H20Cl2N2O4/c1-29-18-9-7-16(8-10-18)23(28)27-26-13-15-11-20(25)22(21(12-15)30-2)31-14-17-5-3-4-6-19(17)24/h3-13H,14H2,1-2H3,(H,27,28)/b26-13-. The van der Waals surface area contributed by atoms with Crippen LogP contribution in [0, 0.1) is 0 Å². The van der Waals surface area contributed by atoms with Gasteiger partial charge in [-0.1, -0.05) is 41.4 Å². The Balaban J connectivity index is 1.68. The van der Waals surface area contributed by atoms with Gasteiger partial charge in [-0.05, 0) is 48.0 Å². The van der Waals surface area contributed by atoms with E-state index in [1.54, 1.807) is 49.6 Å². The number of ether oxygens (including phenoxy) is 3. The Kier molecular flexibility index (Phi) is 7.76. The molecule has 3 aromatic carbocycles. The van der Waals surface area contributed by atoms with Crippen molar-refractivity contribution in [3.8, 4) is 17.2 Å². The lowest BCUT2D eigenvalue weighted by Gasteiger charge is -2.14. The fraction of sp³-hybridized carbons (Fsp3) is 0.130. The van der Waals surface area contributed by atoms with Crippen molar-refractivity contribution in [2.75, 3.05) is 14.2 Å². The summed E-state index contributed by atoms with van der Waals surface area (Å²) in [5, 5.41) is 4.93. The second kappa shape index (κ2) is 10.7. The molecule has 0 aliphatic rings. The molecular formula is C23H20Cl2N2O4. The van der Waals surface area contributed by atoms with Crippen molar-refractivity contribution in [2.45, 2.75) is 6.61 Å². The molecule has 0 heterocycles. The number of hydrogen-bond donors (Lipinski definition) is 1. The largest absolute Gasteiger partial charge is 0.497 e. The fourth-order valence-corrected chi connectivity index (χ4v) is 3.16. The summed E-state index contributed by atoms with van der Waals surface area (Å²) in [6.45, 7) is 0.237. The van der Waals surface area contributed by atoms with Gasteiger partial charge in [-0.2, -0.15) is 5.10 Å². The van der Waals surface area contributed by atoms with Gasteiger partial charge in [-0.3, -0.25) is 4.79 Å². The molecule has 160 valence electrons. The number of amides is 1. The van der Waals surface area contributed by atoms with Gasteiger partial charge in [0.15, 0.2) is 11.5 Å². The molecule has 1 amide bonds. The van der Waals surface area contributed by atoms with E-state index in [0.29, 0.717) is 38.4 Å². The van der Waals surface area contributed by atoms with Crippen LogP contribution >= 0.6 is 23.2 Å². The zero-order valence-corrected chi connectivity index (χ0v) is 18.4. The number of rotatable bonds is 8. The third-order valence-corrected chi connectivity index (χ3v) is 4.96. The highest BCUT2D eigenvalue weighted by molar-refractivity contribution is 6.32. The molecule has 31 heavy (non-hydrogen) atoms. The van der Waals surface area contributed by atoms with Gasteiger partial charge >= 0.3 is 0 Å². The molecule has 0 saturated heterocycles. The summed E-state index contributed by atoms with van der Waals surface area (Å²) in [6.07, 6.45) is 1.47. The topological polar surface area (TPSA) is 69.2 Å². The Hall–Kier alpha value is -3.22. The molecule has 0 spiro atoms. The van der Waals surface area contributed by atoms with Crippen LogP contribution in [0.3, 0.4) is 0 Å². The minimum absolute atomic E-state index is 0.237. The number of carbonyl (C=O) groups is 1. The lowest BCUT2D eigenvalue weighted by atomic mass is 10.2. The SMILES string of the molecule is COc1ccc(C(=O)N/N=C\c2cc(Cl)c(OCc3ccccc3Cl)c(OC)c2)cc1. The van der Waals surface area contributed by atoms with E-state index in [1.165, 1.54) is 13.3 Å². The normalized spacial score (nSPS) is 10.7. The predicted octanol–water partition coefficient (Wildman–Crippen LogP) is 5.35. The molecule has 8 heteroatoms. The summed E-state index contributed by atoms with van der Waals surface area (Å²) in [6, 6.07) is 17.4. The number of nitrogens with zero attached hydrogens (tertiary/aromatic N) is 1. The Morgan fingerprint density at radius 1 is 1.00 bits per heavy atom. The quantitative estimate of drug-likeness (QED) is 0.364. The molecular weight excluding hydrogens is 439 g/mol. The van der Waals surface area contributed by atoms with Crippen molar-refractivity contribution in [1.82, 2.24) is 5.43 Å². The monoisotopic (exact) mass is 458 g/mol. The van der Waals surface area contributed by atoms with Gasteiger partial charge in [0.25, 0.3) is 5.91 Å². The first-order valence-corrected chi connectivity index (χ1v) is 9.98. The predicted molar refractivity (Wildman–Crippen MR) is 122 cm³/mol. The van der Waals surface area contributed by atoms with Crippen LogP contribution in [0.4, 0.5) is 0 Å². The number of methoxy groups -OCH3 is 2. The number of benzene rings is 3.